The van der Waals surface area contributed by atoms with Crippen LogP contribution in [0, 0.1) is 0 Å². The van der Waals surface area contributed by atoms with Crippen LogP contribution in [-0.2, 0) is 0 Å². The molecule has 0 saturated carbocycles. The fourth-order valence-corrected chi connectivity index (χ4v) is 16.1. The summed E-state index contributed by atoms with van der Waals surface area (Å²) in [5.41, 5.74) is 15.9. The van der Waals surface area contributed by atoms with Gasteiger partial charge in [0.2, 0.25) is 0 Å². The molecule has 5 heterocycles. The number of furan rings is 3. The van der Waals surface area contributed by atoms with Gasteiger partial charge >= 0.3 is 0 Å². The maximum atomic E-state index is 6.94. The van der Waals surface area contributed by atoms with E-state index in [1.54, 1.807) is 0 Å². The predicted molar refractivity (Wildman–Crippen MR) is 369 cm³/mol. The number of nitrogens with zero attached hydrogens (tertiary/aromatic N) is 2. The monoisotopic (exact) mass is 1150 g/mol. The van der Waals surface area contributed by atoms with Crippen molar-refractivity contribution in [3.05, 3.63) is 279 Å². The van der Waals surface area contributed by atoms with Crippen LogP contribution in [0.1, 0.15) is 0 Å². The Labute approximate surface area is 505 Å². The highest BCUT2D eigenvalue weighted by Crippen LogP contribution is 2.50. The van der Waals surface area contributed by atoms with E-state index >= 15 is 0 Å². The summed E-state index contributed by atoms with van der Waals surface area (Å²) < 4.78 is 25.7. The van der Waals surface area contributed by atoms with Crippen molar-refractivity contribution in [1.82, 2.24) is 0 Å². The van der Waals surface area contributed by atoms with Crippen LogP contribution in [0.4, 0.5) is 34.1 Å². The van der Waals surface area contributed by atoms with Crippen LogP contribution in [0.2, 0.25) is 0 Å². The van der Waals surface area contributed by atoms with E-state index in [-0.39, 0.29) is 0 Å². The van der Waals surface area contributed by atoms with Crippen molar-refractivity contribution in [1.29, 1.82) is 0 Å². The van der Waals surface area contributed by atoms with Gasteiger partial charge in [0.1, 0.15) is 33.5 Å². The van der Waals surface area contributed by atoms with Crippen molar-refractivity contribution in [3.63, 3.8) is 0 Å². The summed E-state index contributed by atoms with van der Waals surface area (Å²) in [6, 6.07) is 101. The molecule has 0 aliphatic carbocycles. The summed E-state index contributed by atoms with van der Waals surface area (Å²) in [4.78, 5) is 4.77. The second-order valence-corrected chi connectivity index (χ2v) is 24.8. The Morgan fingerprint density at radius 3 is 1.00 bits per heavy atom. The van der Waals surface area contributed by atoms with Gasteiger partial charge in [-0.2, -0.15) is 0 Å². The Bertz CT molecular complexity index is 5660. The van der Waals surface area contributed by atoms with E-state index in [1.807, 2.05) is 22.7 Å². The second-order valence-electron chi connectivity index (χ2n) is 22.7. The Kier molecular flexibility index (Phi) is 10.4. The van der Waals surface area contributed by atoms with Crippen molar-refractivity contribution >= 4 is 185 Å². The largest absolute Gasteiger partial charge is 0.456 e. The van der Waals surface area contributed by atoms with Gasteiger partial charge in [0.15, 0.2) is 0 Å². The maximum Gasteiger partial charge on any atom is 0.137 e. The van der Waals surface area contributed by atoms with Gasteiger partial charge in [-0.25, -0.2) is 0 Å². The third-order valence-corrected chi connectivity index (χ3v) is 20.1. The second kappa shape index (κ2) is 18.8. The van der Waals surface area contributed by atoms with Crippen molar-refractivity contribution < 1.29 is 13.3 Å². The van der Waals surface area contributed by atoms with Crippen molar-refractivity contribution in [2.75, 3.05) is 9.80 Å². The first-order valence-corrected chi connectivity index (χ1v) is 31.0. The average Bonchev–Trinajstić information content (AvgIpc) is 2.63. The predicted octanol–water partition coefficient (Wildman–Crippen LogP) is 24.7. The van der Waals surface area contributed by atoms with Gasteiger partial charge in [-0.05, 0) is 153 Å². The fourth-order valence-electron chi connectivity index (χ4n) is 13.8. The fraction of sp³-hybridized carbons (Fsp3) is 0. The van der Waals surface area contributed by atoms with E-state index in [0.29, 0.717) is 0 Å². The van der Waals surface area contributed by atoms with Gasteiger partial charge < -0.3 is 23.1 Å². The van der Waals surface area contributed by atoms with E-state index < -0.39 is 0 Å². The first kappa shape index (κ1) is 48.4. The molecule has 0 saturated heterocycles. The number of benzene rings is 14. The van der Waals surface area contributed by atoms with E-state index in [0.717, 1.165) is 99.9 Å². The molecule has 19 rings (SSSR count). The number of anilines is 6. The van der Waals surface area contributed by atoms with Crippen LogP contribution < -0.4 is 9.80 Å². The SMILES string of the molecule is c1ccc2c(-c3ccc(N(c4ccc5c(c4)oc4cc6c(cc45)oc4cc5c(cc46)oc4cc(N(c6ccc(-c7cccc8ccccc78)cc6)c6cccc7sc8ccccc8c67)ccc45)c4cccc5sc6ccccc6c45)cc3)cccc2c1. The summed E-state index contributed by atoms with van der Waals surface area (Å²) in [6.45, 7) is 0. The lowest BCUT2D eigenvalue weighted by Gasteiger charge is -2.26. The van der Waals surface area contributed by atoms with Gasteiger partial charge in [-0.1, -0.05) is 158 Å². The molecule has 7 heteroatoms. The Balaban J connectivity index is 0.718. The first-order valence-electron chi connectivity index (χ1n) is 29.3. The minimum Gasteiger partial charge on any atom is -0.456 e. The molecule has 0 aliphatic heterocycles. The van der Waals surface area contributed by atoms with Gasteiger partial charge in [0.25, 0.3) is 0 Å². The number of hydrogen-bond donors (Lipinski definition) is 0. The standard InChI is InChI=1S/C80H46N2O3S2/c1-3-17-55-47(13-1)15-9-21-57(55)49-29-33-51(34-30-49)81(67-23-11-27-77-79(67)61-19-5-7-25-75(61)86-77)53-37-39-59-63-43-73-65(45-71(63)83-69(59)41-53)66-46-72-64(44-74(66)85-73)60-40-38-54(42-70(60)84-72)82(68-24-12-28-78-80(68)62-20-6-8-26-76(62)87-78)52-35-31-50(32-36-52)58-22-10-16-48-14-2-4-18-56(48)58/h1-46H. The first-order chi connectivity index (χ1) is 43.1. The van der Waals surface area contributed by atoms with Crippen LogP contribution in [0.3, 0.4) is 0 Å². The maximum absolute atomic E-state index is 6.94. The summed E-state index contributed by atoms with van der Waals surface area (Å²) in [7, 11) is 0. The molecule has 5 aromatic heterocycles. The van der Waals surface area contributed by atoms with Gasteiger partial charge in [0.05, 0.1) is 11.4 Å². The topological polar surface area (TPSA) is 45.9 Å². The lowest BCUT2D eigenvalue weighted by Crippen LogP contribution is -2.10. The van der Waals surface area contributed by atoms with Crippen LogP contribution in [0.5, 0.6) is 0 Å². The molecule has 0 atom stereocenters. The highest BCUT2D eigenvalue weighted by molar-refractivity contribution is 7.26. The van der Waals surface area contributed by atoms with Crippen LogP contribution in [0.15, 0.2) is 292 Å². The molecular formula is C80H46N2O3S2. The zero-order chi connectivity index (χ0) is 56.8. The van der Waals surface area contributed by atoms with E-state index in [9.17, 15) is 0 Å². The molecule has 0 unspecified atom stereocenters. The minimum atomic E-state index is 0.794. The number of rotatable bonds is 8. The molecule has 0 amide bonds. The normalized spacial score (nSPS) is 12.1. The third kappa shape index (κ3) is 7.50. The molecule has 14 aromatic carbocycles. The quantitative estimate of drug-likeness (QED) is 0.152. The molecule has 87 heavy (non-hydrogen) atoms. The summed E-state index contributed by atoms with van der Waals surface area (Å²) in [5.74, 6) is 0. The number of fused-ring (bicyclic) bond motifs is 17. The van der Waals surface area contributed by atoms with Gasteiger partial charge in [-0.3, -0.25) is 0 Å². The average molecular weight is 1150 g/mol. The van der Waals surface area contributed by atoms with Gasteiger partial charge in [-0.15, -0.1) is 22.7 Å². The molecule has 5 nitrogen and oxygen atoms in total. The lowest BCUT2D eigenvalue weighted by molar-refractivity contribution is 0.662. The lowest BCUT2D eigenvalue weighted by atomic mass is 9.98. The molecular weight excluding hydrogens is 1100 g/mol. The van der Waals surface area contributed by atoms with Gasteiger partial charge in [0, 0.05) is 108 Å². The molecule has 0 aliphatic rings. The minimum absolute atomic E-state index is 0.794. The highest BCUT2D eigenvalue weighted by atomic mass is 32.1. The molecule has 0 bridgehead atoms. The van der Waals surface area contributed by atoms with E-state index in [1.165, 1.54) is 84.1 Å². The van der Waals surface area contributed by atoms with Crippen molar-refractivity contribution in [2.45, 2.75) is 0 Å². The van der Waals surface area contributed by atoms with Crippen LogP contribution in [0.25, 0.3) is 150 Å². The summed E-state index contributed by atoms with van der Waals surface area (Å²) in [5, 5.41) is 15.9. The number of hydrogen-bond acceptors (Lipinski definition) is 7. The zero-order valence-corrected chi connectivity index (χ0v) is 48.1. The van der Waals surface area contributed by atoms with Crippen molar-refractivity contribution in [3.8, 4) is 22.3 Å². The molecule has 0 spiro atoms. The van der Waals surface area contributed by atoms with E-state index in [2.05, 4.69) is 289 Å². The number of thiophene rings is 2. The summed E-state index contributed by atoms with van der Waals surface area (Å²) >= 11 is 3.67. The Morgan fingerprint density at radius 1 is 0.230 bits per heavy atom. The molecule has 19 aromatic rings. The summed E-state index contributed by atoms with van der Waals surface area (Å²) in [6.07, 6.45) is 0. The van der Waals surface area contributed by atoms with Crippen LogP contribution in [-0.4, -0.2) is 0 Å². The molecule has 406 valence electrons. The highest BCUT2D eigenvalue weighted by Gasteiger charge is 2.24. The Hall–Kier alpha value is -11.0. The van der Waals surface area contributed by atoms with E-state index in [4.69, 9.17) is 13.3 Å². The molecule has 0 N–H and O–H groups in total. The molecule has 0 fully saturated rings. The Morgan fingerprint density at radius 2 is 0.563 bits per heavy atom. The third-order valence-electron chi connectivity index (χ3n) is 17.8. The zero-order valence-electron chi connectivity index (χ0n) is 46.5. The van der Waals surface area contributed by atoms with Crippen molar-refractivity contribution in [2.24, 2.45) is 0 Å². The smallest absolute Gasteiger partial charge is 0.137 e. The molecule has 0 radical (unpaired) electrons. The van der Waals surface area contributed by atoms with Crippen LogP contribution >= 0.6 is 22.7 Å².